The molecule has 1 aliphatic heterocycles. The minimum Gasteiger partial charge on any atom is -0.444 e. The van der Waals surface area contributed by atoms with Crippen molar-refractivity contribution < 1.29 is 13.9 Å². The van der Waals surface area contributed by atoms with Gasteiger partial charge in [-0.1, -0.05) is 18.2 Å². The maximum Gasteiger partial charge on any atom is 0.410 e. The number of hydrogen-bond donors (Lipinski definition) is 0. The zero-order valence-corrected chi connectivity index (χ0v) is 18.9. The molecule has 4 rings (SSSR count). The number of aromatic nitrogens is 2. The molecule has 1 aliphatic rings. The molecule has 6 nitrogen and oxygen atoms in total. The number of carbonyl (C=O) groups excluding carboxylic acids is 1. The third-order valence-corrected chi connectivity index (χ3v) is 5.81. The Kier molecular flexibility index (Phi) is 5.75. The number of rotatable bonds is 2. The van der Waals surface area contributed by atoms with E-state index in [0.717, 1.165) is 11.1 Å². The van der Waals surface area contributed by atoms with Gasteiger partial charge in [0.2, 0.25) is 0 Å². The second kappa shape index (κ2) is 8.37. The molecule has 0 saturated heterocycles. The third-order valence-electron chi connectivity index (χ3n) is 5.81. The Morgan fingerprint density at radius 2 is 1.91 bits per heavy atom. The van der Waals surface area contributed by atoms with Crippen LogP contribution in [0.4, 0.5) is 9.18 Å². The Morgan fingerprint density at radius 1 is 1.16 bits per heavy atom. The summed E-state index contributed by atoms with van der Waals surface area (Å²) in [5.74, 6) is 0.400. The van der Waals surface area contributed by atoms with Crippen molar-refractivity contribution >= 4 is 17.0 Å². The van der Waals surface area contributed by atoms with Gasteiger partial charge < -0.3 is 9.64 Å². The molecule has 7 heteroatoms. The van der Waals surface area contributed by atoms with E-state index in [1.807, 2.05) is 39.0 Å². The molecule has 2 aromatic carbocycles. The minimum atomic E-state index is -0.561. The van der Waals surface area contributed by atoms with Gasteiger partial charge in [0.1, 0.15) is 17.2 Å². The first-order chi connectivity index (χ1) is 15.1. The number of halogens is 1. The van der Waals surface area contributed by atoms with E-state index in [1.54, 1.807) is 28.6 Å². The lowest BCUT2D eigenvalue weighted by Crippen LogP contribution is -2.41. The number of nitrogens with zero attached hydrogens (tertiary/aromatic N) is 3. The van der Waals surface area contributed by atoms with Crippen LogP contribution in [0, 0.1) is 5.82 Å². The topological polar surface area (TPSA) is 64.4 Å². The number of hydrogen-bond acceptors (Lipinski definition) is 4. The van der Waals surface area contributed by atoms with Crippen LogP contribution >= 0.6 is 0 Å². The SMILES string of the molecule is CN(C(=O)OC(C)(C)C)C1CCc2nc3cc(-c4cccc(F)c4)ccc3c(=O)n2CC1. The predicted molar refractivity (Wildman–Crippen MR) is 122 cm³/mol. The van der Waals surface area contributed by atoms with Crippen LogP contribution in [0.2, 0.25) is 0 Å². The van der Waals surface area contributed by atoms with Gasteiger partial charge in [-0.3, -0.25) is 9.36 Å². The van der Waals surface area contributed by atoms with Crippen LogP contribution in [0.5, 0.6) is 0 Å². The average Bonchev–Trinajstić information content (AvgIpc) is 2.94. The third kappa shape index (κ3) is 4.52. The normalized spacial score (nSPS) is 16.3. The number of aryl methyl sites for hydroxylation is 1. The molecule has 0 aliphatic carbocycles. The quantitative estimate of drug-likeness (QED) is 0.579. The molecule has 0 spiro atoms. The summed E-state index contributed by atoms with van der Waals surface area (Å²) in [5, 5.41) is 0.535. The van der Waals surface area contributed by atoms with Crippen molar-refractivity contribution in [2.24, 2.45) is 0 Å². The van der Waals surface area contributed by atoms with Gasteiger partial charge >= 0.3 is 6.09 Å². The molecular formula is C25H28FN3O3. The number of carbonyl (C=O) groups is 1. The number of fused-ring (bicyclic) bond motifs is 2. The molecule has 2 heterocycles. The van der Waals surface area contributed by atoms with Gasteiger partial charge in [-0.25, -0.2) is 14.2 Å². The van der Waals surface area contributed by atoms with Gasteiger partial charge in [0.15, 0.2) is 0 Å². The molecule has 1 aromatic heterocycles. The van der Waals surface area contributed by atoms with Gasteiger partial charge in [0.25, 0.3) is 5.56 Å². The lowest BCUT2D eigenvalue weighted by atomic mass is 10.0. The summed E-state index contributed by atoms with van der Waals surface area (Å²) >= 11 is 0. The van der Waals surface area contributed by atoms with E-state index in [4.69, 9.17) is 9.72 Å². The molecule has 0 bridgehead atoms. The van der Waals surface area contributed by atoms with Crippen molar-refractivity contribution in [1.82, 2.24) is 14.5 Å². The van der Waals surface area contributed by atoms with Crippen LogP contribution in [0.15, 0.2) is 47.3 Å². The van der Waals surface area contributed by atoms with Gasteiger partial charge in [-0.05, 0) is 69.0 Å². The van der Waals surface area contributed by atoms with Crippen LogP contribution < -0.4 is 5.56 Å². The second-order valence-electron chi connectivity index (χ2n) is 9.30. The average molecular weight is 438 g/mol. The number of amides is 1. The standard InChI is InChI=1S/C25H28FN3O3/c1-25(2,3)32-24(31)28(4)19-9-11-22-27-21-15-17(16-6-5-7-18(26)14-16)8-10-20(21)23(30)29(22)13-12-19/h5-8,10,14-15,19H,9,11-13H2,1-4H3. The number of benzene rings is 2. The molecular weight excluding hydrogens is 409 g/mol. The summed E-state index contributed by atoms with van der Waals surface area (Å²) in [6.07, 6.45) is 1.56. The maximum absolute atomic E-state index is 13.6. The molecule has 0 N–H and O–H groups in total. The van der Waals surface area contributed by atoms with Crippen LogP contribution in [0.1, 0.15) is 39.4 Å². The molecule has 1 amide bonds. The first kappa shape index (κ1) is 22.0. The van der Waals surface area contributed by atoms with Crippen molar-refractivity contribution in [1.29, 1.82) is 0 Å². The van der Waals surface area contributed by atoms with E-state index in [-0.39, 0.29) is 23.5 Å². The highest BCUT2D eigenvalue weighted by Gasteiger charge is 2.28. The summed E-state index contributed by atoms with van der Waals surface area (Å²) in [7, 11) is 1.74. The van der Waals surface area contributed by atoms with Crippen molar-refractivity contribution in [3.05, 3.63) is 64.5 Å². The molecule has 0 radical (unpaired) electrons. The Bertz CT molecular complexity index is 1230. The predicted octanol–water partition coefficient (Wildman–Crippen LogP) is 4.77. The zero-order chi connectivity index (χ0) is 23.0. The largest absolute Gasteiger partial charge is 0.444 e. The minimum absolute atomic E-state index is 0.0445. The lowest BCUT2D eigenvalue weighted by Gasteiger charge is -2.30. The summed E-state index contributed by atoms with van der Waals surface area (Å²) in [6.45, 7) is 6.01. The number of ether oxygens (including phenoxy) is 1. The monoisotopic (exact) mass is 437 g/mol. The van der Waals surface area contributed by atoms with Gasteiger partial charge in [-0.2, -0.15) is 0 Å². The van der Waals surface area contributed by atoms with Crippen LogP contribution in [-0.4, -0.2) is 39.2 Å². The van der Waals surface area contributed by atoms with E-state index < -0.39 is 5.60 Å². The highest BCUT2D eigenvalue weighted by Crippen LogP contribution is 2.25. The van der Waals surface area contributed by atoms with Crippen molar-refractivity contribution in [3.63, 3.8) is 0 Å². The summed E-state index contributed by atoms with van der Waals surface area (Å²) in [6, 6.07) is 11.7. The lowest BCUT2D eigenvalue weighted by molar-refractivity contribution is 0.0207. The van der Waals surface area contributed by atoms with Crippen molar-refractivity contribution in [3.8, 4) is 11.1 Å². The second-order valence-corrected chi connectivity index (χ2v) is 9.30. The molecule has 0 fully saturated rings. The summed E-state index contributed by atoms with van der Waals surface area (Å²) in [4.78, 5) is 32.1. The molecule has 3 aromatic rings. The van der Waals surface area contributed by atoms with Gasteiger partial charge in [0, 0.05) is 26.1 Å². The van der Waals surface area contributed by atoms with E-state index in [2.05, 4.69) is 0 Å². The fourth-order valence-electron chi connectivity index (χ4n) is 4.12. The van der Waals surface area contributed by atoms with E-state index in [1.165, 1.54) is 12.1 Å². The van der Waals surface area contributed by atoms with E-state index >= 15 is 0 Å². The Morgan fingerprint density at radius 3 is 2.62 bits per heavy atom. The van der Waals surface area contributed by atoms with E-state index in [0.29, 0.717) is 42.5 Å². The first-order valence-electron chi connectivity index (χ1n) is 10.9. The van der Waals surface area contributed by atoms with Crippen LogP contribution in [0.25, 0.3) is 22.0 Å². The highest BCUT2D eigenvalue weighted by atomic mass is 19.1. The maximum atomic E-state index is 13.6. The Hall–Kier alpha value is -3.22. The smallest absolute Gasteiger partial charge is 0.410 e. The fourth-order valence-corrected chi connectivity index (χ4v) is 4.12. The summed E-state index contributed by atoms with van der Waals surface area (Å²) in [5.41, 5.74) is 1.50. The van der Waals surface area contributed by atoms with Gasteiger partial charge in [0.05, 0.1) is 10.9 Å². The highest BCUT2D eigenvalue weighted by molar-refractivity contribution is 5.83. The van der Waals surface area contributed by atoms with Crippen molar-refractivity contribution in [2.75, 3.05) is 7.05 Å². The summed E-state index contributed by atoms with van der Waals surface area (Å²) < 4.78 is 20.9. The van der Waals surface area contributed by atoms with Crippen LogP contribution in [0.3, 0.4) is 0 Å². The Labute approximate surface area is 186 Å². The first-order valence-corrected chi connectivity index (χ1v) is 10.9. The molecule has 32 heavy (non-hydrogen) atoms. The van der Waals surface area contributed by atoms with Crippen molar-refractivity contribution in [2.45, 2.75) is 58.2 Å². The van der Waals surface area contributed by atoms with Gasteiger partial charge in [-0.15, -0.1) is 0 Å². The fraction of sp³-hybridized carbons (Fsp3) is 0.400. The van der Waals surface area contributed by atoms with Crippen LogP contribution in [-0.2, 0) is 17.7 Å². The van der Waals surface area contributed by atoms with E-state index in [9.17, 15) is 14.0 Å². The zero-order valence-electron chi connectivity index (χ0n) is 18.9. The molecule has 1 unspecified atom stereocenters. The molecule has 0 saturated carbocycles. The molecule has 1 atom stereocenters. The Balaban J connectivity index is 1.63. The molecule has 168 valence electrons.